The van der Waals surface area contributed by atoms with E-state index in [0.29, 0.717) is 19.3 Å². The quantitative estimate of drug-likeness (QED) is 0.0262. The van der Waals surface area contributed by atoms with Crippen LogP contribution >= 0.6 is 0 Å². The lowest BCUT2D eigenvalue weighted by Gasteiger charge is -2.18. The van der Waals surface area contributed by atoms with Crippen molar-refractivity contribution in [2.24, 2.45) is 0 Å². The molecule has 0 radical (unpaired) electrons. The number of carbonyl (C=O) groups excluding carboxylic acids is 3. The summed E-state index contributed by atoms with van der Waals surface area (Å²) in [5.74, 6) is -1.01. The monoisotopic (exact) mass is 925 g/mol. The summed E-state index contributed by atoms with van der Waals surface area (Å²) in [6, 6.07) is 0. The molecule has 0 rings (SSSR count). The highest BCUT2D eigenvalue weighted by molar-refractivity contribution is 5.71. The molecule has 0 bridgehead atoms. The molecule has 67 heavy (non-hydrogen) atoms. The van der Waals surface area contributed by atoms with Crippen molar-refractivity contribution in [1.82, 2.24) is 0 Å². The lowest BCUT2D eigenvalue weighted by atomic mass is 10.1. The Morgan fingerprint density at radius 2 is 0.582 bits per heavy atom. The summed E-state index contributed by atoms with van der Waals surface area (Å²) in [6.45, 7) is 6.29. The normalized spacial score (nSPS) is 13.2. The maximum absolute atomic E-state index is 12.8. The molecule has 0 saturated heterocycles. The van der Waals surface area contributed by atoms with Crippen LogP contribution in [0.1, 0.15) is 213 Å². The molecule has 0 spiro atoms. The molecule has 0 aromatic rings. The molecule has 0 unspecified atom stereocenters. The van der Waals surface area contributed by atoms with Crippen LogP contribution in [-0.2, 0) is 28.6 Å². The Balaban J connectivity index is 4.56. The van der Waals surface area contributed by atoms with E-state index in [0.717, 1.165) is 141 Å². The highest BCUT2D eigenvalue weighted by Crippen LogP contribution is 2.12. The Hall–Kier alpha value is -4.45. The molecular formula is C61H96O6. The highest BCUT2D eigenvalue weighted by Gasteiger charge is 2.19. The smallest absolute Gasteiger partial charge is 0.306 e. The van der Waals surface area contributed by atoms with Crippen molar-refractivity contribution in [2.75, 3.05) is 13.2 Å². The molecular weight excluding hydrogens is 829 g/mol. The maximum atomic E-state index is 12.8. The molecule has 0 aliphatic heterocycles. The van der Waals surface area contributed by atoms with Gasteiger partial charge in [-0.25, -0.2) is 0 Å². The van der Waals surface area contributed by atoms with Gasteiger partial charge in [-0.2, -0.15) is 0 Å². The molecule has 0 aliphatic carbocycles. The lowest BCUT2D eigenvalue weighted by molar-refractivity contribution is -0.167. The fourth-order valence-electron chi connectivity index (χ4n) is 6.66. The standard InChI is InChI=1S/C61H96O6/c1-4-7-10-13-16-19-22-25-28-29-30-31-34-36-39-42-45-48-51-54-60(63)66-57-58(67-61(64)55-52-49-46-43-40-37-33-27-24-21-18-15-12-9-6-3)56-65-59(62)53-50-47-44-41-38-35-32-26-23-20-17-14-11-8-5-2/h7-8,10-11,16-21,25-28,30-33,36,39-40,43,58H,4-6,9,12-15,22-24,29,34-35,37-38,41-42,44-57H2,1-3H3/b10-7-,11-8-,19-16-,20-17-,21-18-,28-25-,31-30-,32-26-,33-27-,39-36-,43-40-/t58-/m0/s1. The summed E-state index contributed by atoms with van der Waals surface area (Å²) in [4.78, 5) is 38.0. The van der Waals surface area contributed by atoms with Gasteiger partial charge in [-0.3, -0.25) is 14.4 Å². The van der Waals surface area contributed by atoms with Crippen molar-refractivity contribution in [3.63, 3.8) is 0 Å². The SMILES string of the molecule is CC/C=C\C/C=C\C/C=C\C/C=C\C/C=C\CCCCCC(=O)OC[C@H](COC(=O)CCCCCCC/C=C\C/C=C\C/C=C\CC)OC(=O)CCCC/C=C\C/C=C\C/C=C\CCCCC. The van der Waals surface area contributed by atoms with E-state index in [4.69, 9.17) is 14.2 Å². The average Bonchev–Trinajstić information content (AvgIpc) is 3.33. The predicted octanol–water partition coefficient (Wildman–Crippen LogP) is 17.9. The topological polar surface area (TPSA) is 78.9 Å². The highest BCUT2D eigenvalue weighted by atomic mass is 16.6. The van der Waals surface area contributed by atoms with Crippen LogP contribution in [0, 0.1) is 0 Å². The van der Waals surface area contributed by atoms with Crippen molar-refractivity contribution in [3.8, 4) is 0 Å². The second kappa shape index (κ2) is 54.2. The minimum atomic E-state index is -0.824. The molecule has 0 aromatic carbocycles. The second-order valence-electron chi connectivity index (χ2n) is 17.0. The molecule has 0 aromatic heterocycles. The van der Waals surface area contributed by atoms with Crippen molar-refractivity contribution in [1.29, 1.82) is 0 Å². The Labute approximate surface area is 411 Å². The molecule has 376 valence electrons. The third-order valence-corrected chi connectivity index (χ3v) is 10.6. The summed E-state index contributed by atoms with van der Waals surface area (Å²) < 4.78 is 16.7. The third kappa shape index (κ3) is 52.4. The van der Waals surface area contributed by atoms with Gasteiger partial charge in [0.25, 0.3) is 0 Å². The lowest BCUT2D eigenvalue weighted by Crippen LogP contribution is -2.30. The van der Waals surface area contributed by atoms with Gasteiger partial charge in [-0.05, 0) is 135 Å². The van der Waals surface area contributed by atoms with Crippen LogP contribution in [0.2, 0.25) is 0 Å². The Morgan fingerprint density at radius 3 is 0.955 bits per heavy atom. The van der Waals surface area contributed by atoms with E-state index < -0.39 is 6.10 Å². The van der Waals surface area contributed by atoms with Crippen molar-refractivity contribution >= 4 is 17.9 Å². The molecule has 0 heterocycles. The first-order valence-electron chi connectivity index (χ1n) is 26.7. The van der Waals surface area contributed by atoms with Gasteiger partial charge in [-0.15, -0.1) is 0 Å². The summed E-state index contributed by atoms with van der Waals surface area (Å²) >= 11 is 0. The van der Waals surface area contributed by atoms with Crippen LogP contribution in [0.15, 0.2) is 134 Å². The van der Waals surface area contributed by atoms with E-state index in [1.165, 1.54) is 25.7 Å². The number of ether oxygens (including phenoxy) is 3. The van der Waals surface area contributed by atoms with E-state index >= 15 is 0 Å². The van der Waals surface area contributed by atoms with E-state index in [-0.39, 0.29) is 37.5 Å². The molecule has 0 saturated carbocycles. The molecule has 0 fully saturated rings. The van der Waals surface area contributed by atoms with E-state index in [9.17, 15) is 14.4 Å². The van der Waals surface area contributed by atoms with Crippen molar-refractivity contribution in [2.45, 2.75) is 219 Å². The Morgan fingerprint density at radius 1 is 0.313 bits per heavy atom. The molecule has 0 amide bonds. The number of hydrogen-bond acceptors (Lipinski definition) is 6. The Kier molecular flexibility index (Phi) is 50.6. The van der Waals surface area contributed by atoms with Crippen LogP contribution in [0.25, 0.3) is 0 Å². The van der Waals surface area contributed by atoms with Crippen LogP contribution in [0.3, 0.4) is 0 Å². The number of unbranched alkanes of at least 4 members (excludes halogenated alkanes) is 13. The number of rotatable bonds is 46. The zero-order valence-electron chi connectivity index (χ0n) is 42.9. The summed E-state index contributed by atoms with van der Waals surface area (Å²) in [7, 11) is 0. The zero-order chi connectivity index (χ0) is 48.6. The van der Waals surface area contributed by atoms with Crippen LogP contribution in [0.4, 0.5) is 0 Å². The van der Waals surface area contributed by atoms with Crippen molar-refractivity contribution in [3.05, 3.63) is 134 Å². The van der Waals surface area contributed by atoms with Crippen LogP contribution in [-0.4, -0.2) is 37.2 Å². The number of esters is 3. The Bertz CT molecular complexity index is 1480. The first-order valence-corrected chi connectivity index (χ1v) is 26.7. The van der Waals surface area contributed by atoms with E-state index in [1.807, 2.05) is 0 Å². The van der Waals surface area contributed by atoms with E-state index in [1.54, 1.807) is 0 Å². The van der Waals surface area contributed by atoms with Gasteiger partial charge in [0, 0.05) is 19.3 Å². The van der Waals surface area contributed by atoms with Crippen LogP contribution < -0.4 is 0 Å². The third-order valence-electron chi connectivity index (χ3n) is 10.6. The number of hydrogen-bond donors (Lipinski definition) is 0. The maximum Gasteiger partial charge on any atom is 0.306 e. The van der Waals surface area contributed by atoms with Gasteiger partial charge in [0.05, 0.1) is 0 Å². The molecule has 6 nitrogen and oxygen atoms in total. The first-order chi connectivity index (χ1) is 33.0. The number of carbonyl (C=O) groups is 3. The second-order valence-corrected chi connectivity index (χ2v) is 17.0. The predicted molar refractivity (Wildman–Crippen MR) is 288 cm³/mol. The molecule has 0 N–H and O–H groups in total. The molecule has 0 aliphatic rings. The largest absolute Gasteiger partial charge is 0.462 e. The number of allylic oxidation sites excluding steroid dienone is 22. The molecule has 1 atom stereocenters. The van der Waals surface area contributed by atoms with Gasteiger partial charge in [-0.1, -0.05) is 193 Å². The van der Waals surface area contributed by atoms with E-state index in [2.05, 4.69) is 154 Å². The van der Waals surface area contributed by atoms with Gasteiger partial charge in [0.15, 0.2) is 6.10 Å². The molecule has 6 heteroatoms. The van der Waals surface area contributed by atoms with Gasteiger partial charge >= 0.3 is 17.9 Å². The first kappa shape index (κ1) is 62.5. The van der Waals surface area contributed by atoms with Gasteiger partial charge in [0.1, 0.15) is 13.2 Å². The summed E-state index contributed by atoms with van der Waals surface area (Å²) in [5, 5.41) is 0. The zero-order valence-corrected chi connectivity index (χ0v) is 42.9. The van der Waals surface area contributed by atoms with Gasteiger partial charge < -0.3 is 14.2 Å². The van der Waals surface area contributed by atoms with Gasteiger partial charge in [0.2, 0.25) is 0 Å². The van der Waals surface area contributed by atoms with Crippen LogP contribution in [0.5, 0.6) is 0 Å². The minimum absolute atomic E-state index is 0.118. The summed E-state index contributed by atoms with van der Waals surface area (Å²) in [5.41, 5.74) is 0. The summed E-state index contributed by atoms with van der Waals surface area (Å²) in [6.07, 6.45) is 75.8. The minimum Gasteiger partial charge on any atom is -0.462 e. The fraction of sp³-hybridized carbons (Fsp3) is 0.590. The fourth-order valence-corrected chi connectivity index (χ4v) is 6.66. The van der Waals surface area contributed by atoms with Crippen molar-refractivity contribution < 1.29 is 28.6 Å². The average molecular weight is 925 g/mol.